The van der Waals surface area contributed by atoms with Gasteiger partial charge >= 0.3 is 11.9 Å². The van der Waals surface area contributed by atoms with Gasteiger partial charge in [0, 0.05) is 17.4 Å². The first-order valence-corrected chi connectivity index (χ1v) is 9.18. The van der Waals surface area contributed by atoms with Crippen molar-refractivity contribution in [1.29, 1.82) is 0 Å². The van der Waals surface area contributed by atoms with Crippen LogP contribution >= 0.6 is 0 Å². The van der Waals surface area contributed by atoms with Gasteiger partial charge in [-0.3, -0.25) is 0 Å². The smallest absolute Gasteiger partial charge is 0.338 e. The van der Waals surface area contributed by atoms with E-state index in [9.17, 15) is 30.0 Å². The van der Waals surface area contributed by atoms with Crippen LogP contribution in [-0.2, 0) is 23.8 Å². The van der Waals surface area contributed by atoms with Crippen LogP contribution in [0.25, 0.3) is 0 Å². The average Bonchev–Trinajstić information content (AvgIpc) is 3.22. The van der Waals surface area contributed by atoms with Crippen molar-refractivity contribution in [3.63, 3.8) is 0 Å². The molecule has 2 saturated carbocycles. The third kappa shape index (κ3) is 1.57. The summed E-state index contributed by atoms with van der Waals surface area (Å²) in [4.78, 5) is 24.2. The van der Waals surface area contributed by atoms with Crippen LogP contribution in [0.4, 0.5) is 0 Å². The van der Waals surface area contributed by atoms with Gasteiger partial charge in [-0.05, 0) is 24.5 Å². The molecule has 4 N–H and O–H groups in total. The molecule has 0 aromatic carbocycles. The maximum Gasteiger partial charge on any atom is 0.338 e. The lowest BCUT2D eigenvalue weighted by atomic mass is 9.49. The highest BCUT2D eigenvalue weighted by Gasteiger charge is 2.88. The molecule has 3 aliphatic heterocycles. The molecule has 5 aliphatic rings. The Bertz CT molecular complexity index is 865. The molecule has 9 atom stereocenters. The molecule has 0 unspecified atom stereocenters. The van der Waals surface area contributed by atoms with E-state index in [0.29, 0.717) is 5.57 Å². The molecule has 28 heavy (non-hydrogen) atoms. The number of hydrogen-bond acceptors (Lipinski definition) is 9. The lowest BCUT2D eigenvalue weighted by Crippen LogP contribution is -2.76. The molecule has 4 fully saturated rings. The van der Waals surface area contributed by atoms with E-state index in [4.69, 9.17) is 14.2 Å². The standard InChI is InChI=1S/C19H22O9/c1-7-4-10(20)28-13(7)16(3)5-9-17-6-26-19(25,15(16)17)11(21)8(2)18(17,24)12(22)14(23)27-9/h4,9,11-13,15,21-22,24-25H,2,5-6H2,1,3H3/t9-,11-,12+,13-,15-,16-,17-,18+,19+/m1/s1. The van der Waals surface area contributed by atoms with Crippen molar-refractivity contribution in [2.24, 2.45) is 16.7 Å². The summed E-state index contributed by atoms with van der Waals surface area (Å²) in [6.07, 6.45) is -4.00. The summed E-state index contributed by atoms with van der Waals surface area (Å²) < 4.78 is 16.6. The number of cyclic esters (lactones) is 1. The van der Waals surface area contributed by atoms with Crippen LogP contribution in [0.2, 0.25) is 0 Å². The van der Waals surface area contributed by atoms with Gasteiger partial charge in [0.15, 0.2) is 6.10 Å². The van der Waals surface area contributed by atoms with Crippen molar-refractivity contribution < 1.29 is 44.2 Å². The summed E-state index contributed by atoms with van der Waals surface area (Å²) >= 11 is 0. The second kappa shape index (κ2) is 4.85. The highest BCUT2D eigenvalue weighted by molar-refractivity contribution is 5.86. The number of hydrogen-bond donors (Lipinski definition) is 4. The Labute approximate surface area is 160 Å². The minimum absolute atomic E-state index is 0.132. The van der Waals surface area contributed by atoms with Crippen molar-refractivity contribution in [3.05, 3.63) is 23.8 Å². The van der Waals surface area contributed by atoms with Crippen molar-refractivity contribution in [2.45, 2.75) is 56.1 Å². The van der Waals surface area contributed by atoms with E-state index < -0.39 is 64.5 Å². The molecule has 5 rings (SSSR count). The van der Waals surface area contributed by atoms with Gasteiger partial charge in [-0.1, -0.05) is 13.5 Å². The van der Waals surface area contributed by atoms with E-state index >= 15 is 0 Å². The second-order valence-corrected chi connectivity index (χ2v) is 8.95. The predicted molar refractivity (Wildman–Crippen MR) is 89.2 cm³/mol. The maximum absolute atomic E-state index is 12.3. The fraction of sp³-hybridized carbons (Fsp3) is 0.684. The summed E-state index contributed by atoms with van der Waals surface area (Å²) in [6, 6.07) is 0. The van der Waals surface area contributed by atoms with Crippen molar-refractivity contribution in [1.82, 2.24) is 0 Å². The minimum atomic E-state index is -2.27. The zero-order valence-corrected chi connectivity index (χ0v) is 15.4. The molecule has 2 bridgehead atoms. The van der Waals surface area contributed by atoms with Crippen LogP contribution in [0.15, 0.2) is 23.8 Å². The molecule has 3 heterocycles. The number of rotatable bonds is 1. The SMILES string of the molecule is C=C1[C@@H](O)[C@]2(O)OC[C@@]34[C@@H](C[C@](C)([C@@H]5OC(=O)C=C5C)[C@@H]23)OC(=O)[C@H](O)[C@@]14O. The number of esters is 2. The van der Waals surface area contributed by atoms with Crippen LogP contribution in [0.3, 0.4) is 0 Å². The molecular weight excluding hydrogens is 372 g/mol. The van der Waals surface area contributed by atoms with Crippen LogP contribution < -0.4 is 0 Å². The minimum Gasteiger partial charge on any atom is -0.460 e. The predicted octanol–water partition coefficient (Wildman–Crippen LogP) is -1.46. The fourth-order valence-corrected chi connectivity index (χ4v) is 6.75. The van der Waals surface area contributed by atoms with Crippen molar-refractivity contribution >= 4 is 11.9 Å². The number of aliphatic hydroxyl groups excluding tert-OH is 2. The van der Waals surface area contributed by atoms with Gasteiger partial charge in [-0.25, -0.2) is 9.59 Å². The molecule has 2 aliphatic carbocycles. The van der Waals surface area contributed by atoms with Gasteiger partial charge in [0.2, 0.25) is 5.79 Å². The number of aliphatic hydroxyl groups is 4. The van der Waals surface area contributed by atoms with Gasteiger partial charge in [0.1, 0.15) is 23.9 Å². The monoisotopic (exact) mass is 394 g/mol. The highest BCUT2D eigenvalue weighted by Crippen LogP contribution is 2.75. The first-order chi connectivity index (χ1) is 12.9. The third-order valence-corrected chi connectivity index (χ3v) is 7.72. The maximum atomic E-state index is 12.3. The topological polar surface area (TPSA) is 143 Å². The van der Waals surface area contributed by atoms with Crippen molar-refractivity contribution in [3.8, 4) is 0 Å². The average molecular weight is 394 g/mol. The number of carbonyl (C=O) groups is 2. The van der Waals surface area contributed by atoms with E-state index in [0.717, 1.165) is 0 Å². The Morgan fingerprint density at radius 1 is 1.18 bits per heavy atom. The number of carbonyl (C=O) groups excluding carboxylic acids is 2. The lowest BCUT2D eigenvalue weighted by Gasteiger charge is -2.59. The van der Waals surface area contributed by atoms with E-state index in [-0.39, 0.29) is 18.6 Å². The first kappa shape index (κ1) is 18.3. The Kier molecular flexibility index (Phi) is 3.16. The summed E-state index contributed by atoms with van der Waals surface area (Å²) in [5, 5.41) is 44.4. The molecule has 0 radical (unpaired) electrons. The van der Waals surface area contributed by atoms with Gasteiger partial charge in [0.05, 0.1) is 12.0 Å². The molecule has 9 nitrogen and oxygen atoms in total. The molecule has 1 spiro atoms. The van der Waals surface area contributed by atoms with E-state index in [1.54, 1.807) is 13.8 Å². The zero-order valence-electron chi connectivity index (χ0n) is 15.4. The summed E-state index contributed by atoms with van der Waals surface area (Å²) in [6.45, 7) is 6.85. The lowest BCUT2D eigenvalue weighted by molar-refractivity contribution is -0.294. The normalized spacial score (nSPS) is 57.0. The zero-order chi connectivity index (χ0) is 20.4. The number of ether oxygens (including phenoxy) is 3. The van der Waals surface area contributed by atoms with Gasteiger partial charge < -0.3 is 34.6 Å². The van der Waals surface area contributed by atoms with Crippen molar-refractivity contribution in [2.75, 3.05) is 6.61 Å². The molecule has 0 amide bonds. The quantitative estimate of drug-likeness (QED) is 0.310. The summed E-state index contributed by atoms with van der Waals surface area (Å²) in [5.74, 6) is -4.73. The summed E-state index contributed by atoms with van der Waals surface area (Å²) in [7, 11) is 0. The van der Waals surface area contributed by atoms with E-state index in [1.807, 2.05) is 0 Å². The van der Waals surface area contributed by atoms with Crippen LogP contribution in [-0.4, -0.2) is 74.8 Å². The summed E-state index contributed by atoms with van der Waals surface area (Å²) in [5.41, 5.74) is -4.45. The molecule has 0 aromatic rings. The van der Waals surface area contributed by atoms with Gasteiger partial charge in [-0.15, -0.1) is 0 Å². The van der Waals surface area contributed by atoms with Crippen LogP contribution in [0.5, 0.6) is 0 Å². The Morgan fingerprint density at radius 2 is 1.86 bits per heavy atom. The van der Waals surface area contributed by atoms with E-state index in [2.05, 4.69) is 6.58 Å². The largest absolute Gasteiger partial charge is 0.460 e. The van der Waals surface area contributed by atoms with Gasteiger partial charge in [-0.2, -0.15) is 0 Å². The van der Waals surface area contributed by atoms with E-state index in [1.165, 1.54) is 6.08 Å². The first-order valence-electron chi connectivity index (χ1n) is 9.18. The molecular formula is C19H22O9. The fourth-order valence-electron chi connectivity index (χ4n) is 6.75. The molecule has 9 heteroatoms. The van der Waals surface area contributed by atoms with Crippen LogP contribution in [0.1, 0.15) is 20.3 Å². The second-order valence-electron chi connectivity index (χ2n) is 8.95. The third-order valence-electron chi connectivity index (χ3n) is 7.72. The molecule has 2 saturated heterocycles. The Hall–Kier alpha value is -1.78. The highest BCUT2D eigenvalue weighted by atomic mass is 16.7. The Morgan fingerprint density at radius 3 is 2.46 bits per heavy atom. The molecule has 0 aromatic heterocycles. The molecule has 152 valence electrons. The van der Waals surface area contributed by atoms with Gasteiger partial charge in [0.25, 0.3) is 0 Å². The Balaban J connectivity index is 1.77. The van der Waals surface area contributed by atoms with Crippen LogP contribution in [0, 0.1) is 16.7 Å².